The zero-order valence-electron chi connectivity index (χ0n) is 28.3. The molecule has 1 saturated heterocycles. The Kier molecular flexibility index (Phi) is 10.5. The number of amides is 1. The van der Waals surface area contributed by atoms with Crippen molar-refractivity contribution in [1.82, 2.24) is 9.88 Å². The second-order valence-corrected chi connectivity index (χ2v) is 18.7. The lowest BCUT2D eigenvalue weighted by atomic mass is 10.0. The summed E-state index contributed by atoms with van der Waals surface area (Å²) in [6.45, 7) is 10.9. The highest BCUT2D eigenvalue weighted by atomic mass is 32.1. The summed E-state index contributed by atoms with van der Waals surface area (Å²) in [4.78, 5) is 20.3. The molecule has 4 aromatic rings. The maximum Gasteiger partial charge on any atom is 0.265 e. The number of rotatable bonds is 9. The predicted octanol–water partition coefficient (Wildman–Crippen LogP) is 6.04. The Morgan fingerprint density at radius 2 is 1.60 bits per heavy atom. The molecule has 1 aromatic heterocycles. The number of oxime groups is 1. The van der Waals surface area contributed by atoms with Crippen LogP contribution in [0.3, 0.4) is 0 Å². The minimum absolute atomic E-state index is 0.0616. The van der Waals surface area contributed by atoms with E-state index >= 15 is 8.78 Å². The Morgan fingerprint density at radius 1 is 1.04 bits per heavy atom. The van der Waals surface area contributed by atoms with E-state index in [1.165, 1.54) is 17.2 Å². The van der Waals surface area contributed by atoms with Gasteiger partial charge in [0, 0.05) is 38.3 Å². The maximum absolute atomic E-state index is 16.6. The molecule has 0 bridgehead atoms. The van der Waals surface area contributed by atoms with Crippen LogP contribution in [0.25, 0.3) is 0 Å². The molecule has 0 radical (unpaired) electrons. The third-order valence-electron chi connectivity index (χ3n) is 8.54. The van der Waals surface area contributed by atoms with Gasteiger partial charge in [0.25, 0.3) is 14.2 Å². The largest absolute Gasteiger partial charge is 0.410 e. The first kappa shape index (κ1) is 35.3. The van der Waals surface area contributed by atoms with Crippen molar-refractivity contribution in [2.75, 3.05) is 32.1 Å². The highest BCUT2D eigenvalue weighted by Gasteiger charge is 2.50. The monoisotopic (exact) mass is 692 g/mol. The normalized spacial score (nSPS) is 17.4. The summed E-state index contributed by atoms with van der Waals surface area (Å²) in [6, 6.07) is 21.6. The van der Waals surface area contributed by atoms with Crippen LogP contribution in [0, 0.1) is 11.6 Å². The number of nitrogens with zero attached hydrogens (tertiary/aromatic N) is 4. The lowest BCUT2D eigenvalue weighted by Gasteiger charge is -2.43. The molecule has 0 aliphatic carbocycles. The van der Waals surface area contributed by atoms with Gasteiger partial charge in [0.05, 0.1) is 30.7 Å². The lowest BCUT2D eigenvalue weighted by molar-refractivity contribution is -0.00553. The molecule has 0 unspecified atom stereocenters. The molecule has 1 N–H and O–H groups in total. The number of halogens is 2. The quantitative estimate of drug-likeness (QED) is 0.0997. The van der Waals surface area contributed by atoms with Crippen LogP contribution >= 0.6 is 11.3 Å². The topological polar surface area (TPSA) is 87.5 Å². The van der Waals surface area contributed by atoms with Gasteiger partial charge in [-0.1, -0.05) is 86.6 Å². The molecule has 254 valence electrons. The van der Waals surface area contributed by atoms with Gasteiger partial charge in [-0.3, -0.25) is 4.79 Å². The summed E-state index contributed by atoms with van der Waals surface area (Å²) >= 11 is 0.932. The van der Waals surface area contributed by atoms with Crippen molar-refractivity contribution in [3.8, 4) is 0 Å². The number of aromatic nitrogens is 1. The number of morpholine rings is 1. The van der Waals surface area contributed by atoms with Gasteiger partial charge in [0.15, 0.2) is 11.6 Å². The number of thiazole rings is 1. The molecule has 12 heteroatoms. The van der Waals surface area contributed by atoms with Crippen LogP contribution in [0.5, 0.6) is 0 Å². The number of benzene rings is 3. The maximum atomic E-state index is 16.6. The second-order valence-electron chi connectivity index (χ2n) is 13.4. The van der Waals surface area contributed by atoms with Crippen LogP contribution in [0.4, 0.5) is 14.5 Å². The molecule has 2 atom stereocenters. The van der Waals surface area contributed by atoms with Gasteiger partial charge in [-0.2, -0.15) is 0 Å². The first-order valence-electron chi connectivity index (χ1n) is 15.8. The van der Waals surface area contributed by atoms with Gasteiger partial charge in [-0.25, -0.2) is 13.8 Å². The Morgan fingerprint density at radius 3 is 2.10 bits per heavy atom. The van der Waals surface area contributed by atoms with E-state index < -0.39 is 20.0 Å². The number of carbonyl (C=O) groups excluding carboxylic acids is 1. The number of hydrogen-bond acceptors (Lipinski definition) is 8. The molecule has 8 nitrogen and oxygen atoms in total. The van der Waals surface area contributed by atoms with Crippen LogP contribution in [0.15, 0.2) is 78.1 Å². The van der Waals surface area contributed by atoms with E-state index in [0.717, 1.165) is 21.7 Å². The molecule has 0 saturated carbocycles. The van der Waals surface area contributed by atoms with Gasteiger partial charge in [-0.15, -0.1) is 11.3 Å². The van der Waals surface area contributed by atoms with Crippen molar-refractivity contribution in [1.29, 1.82) is 0 Å². The van der Waals surface area contributed by atoms with E-state index in [-0.39, 0.29) is 56.6 Å². The highest BCUT2D eigenvalue weighted by molar-refractivity contribution is 7.15. The van der Waals surface area contributed by atoms with Crippen molar-refractivity contribution in [2.45, 2.75) is 58.5 Å². The van der Waals surface area contributed by atoms with E-state index in [0.29, 0.717) is 18.7 Å². The molecular weight excluding hydrogens is 651 g/mol. The Balaban J connectivity index is 1.69. The Bertz CT molecular complexity index is 1730. The summed E-state index contributed by atoms with van der Waals surface area (Å²) in [5.74, 6) is -2.58. The van der Waals surface area contributed by atoms with E-state index in [4.69, 9.17) is 9.16 Å². The fraction of sp³-hybridized carbons (Fsp3) is 0.361. The zero-order valence-corrected chi connectivity index (χ0v) is 30.1. The second kappa shape index (κ2) is 14.3. The SMILES string of the molecule is C[C@@H]1CN(c2c(CO[Si](c3ccccc3)(c3ccccc3)C(C)(C)C)cc(C(=NO)c3ncc(C(=O)N(C)C)s3)c(F)c2F)C[C@H](C)O1. The number of anilines is 1. The summed E-state index contributed by atoms with van der Waals surface area (Å²) in [7, 11) is 0.108. The molecule has 1 fully saturated rings. The number of ether oxygens (including phenoxy) is 1. The van der Waals surface area contributed by atoms with Gasteiger partial charge < -0.3 is 24.2 Å². The van der Waals surface area contributed by atoms with Crippen LogP contribution in [0.2, 0.25) is 5.04 Å². The summed E-state index contributed by atoms with van der Waals surface area (Å²) in [5.41, 5.74) is -0.0971. The van der Waals surface area contributed by atoms with Crippen molar-refractivity contribution in [3.05, 3.63) is 106 Å². The molecular formula is C36H42F2N4O4SSi. The first-order chi connectivity index (χ1) is 22.8. The average molecular weight is 693 g/mol. The third kappa shape index (κ3) is 6.80. The summed E-state index contributed by atoms with van der Waals surface area (Å²) in [6.07, 6.45) is 0.886. The standard InChI is InChI=1S/C36H42F2N4O4SSi/c1-23-20-42(21-24(2)46-23)33-25(18-28(30(37)31(33)38)32(40-44)34-39-19-29(47-34)35(43)41(6)7)22-45-48(36(3,4)5,26-14-10-8-11-15-26)27-16-12-9-13-17-27/h8-19,23-24,44H,20-22H2,1-7H3/t23-,24+. The van der Waals surface area contributed by atoms with Gasteiger partial charge in [-0.05, 0) is 35.3 Å². The smallest absolute Gasteiger partial charge is 0.265 e. The molecule has 3 aromatic carbocycles. The van der Waals surface area contributed by atoms with Crippen LogP contribution in [0.1, 0.15) is 60.4 Å². The highest BCUT2D eigenvalue weighted by Crippen LogP contribution is 2.39. The van der Waals surface area contributed by atoms with Gasteiger partial charge in [0.2, 0.25) is 0 Å². The Labute approximate surface area is 285 Å². The minimum Gasteiger partial charge on any atom is -0.410 e. The fourth-order valence-electron chi connectivity index (χ4n) is 6.52. The molecule has 48 heavy (non-hydrogen) atoms. The van der Waals surface area contributed by atoms with Crippen LogP contribution < -0.4 is 15.3 Å². The van der Waals surface area contributed by atoms with Gasteiger partial charge >= 0.3 is 0 Å². The Hall–Kier alpha value is -3.97. The molecule has 1 aliphatic rings. The third-order valence-corrected chi connectivity index (χ3v) is 14.5. The number of carbonyl (C=O) groups is 1. The van der Waals surface area contributed by atoms with E-state index in [1.807, 2.05) is 50.2 Å². The molecule has 1 amide bonds. The van der Waals surface area contributed by atoms with E-state index in [1.54, 1.807) is 19.0 Å². The lowest BCUT2D eigenvalue weighted by Crippen LogP contribution is -2.66. The van der Waals surface area contributed by atoms with E-state index in [2.05, 4.69) is 55.2 Å². The average Bonchev–Trinajstić information content (AvgIpc) is 3.53. The van der Waals surface area contributed by atoms with Crippen LogP contribution in [-0.2, 0) is 15.8 Å². The van der Waals surface area contributed by atoms with Crippen molar-refractivity contribution in [2.24, 2.45) is 5.16 Å². The predicted molar refractivity (Wildman–Crippen MR) is 189 cm³/mol. The first-order valence-corrected chi connectivity index (χ1v) is 18.6. The van der Waals surface area contributed by atoms with Crippen molar-refractivity contribution >= 4 is 47.3 Å². The molecule has 5 rings (SSSR count). The molecule has 0 spiro atoms. The van der Waals surface area contributed by atoms with Gasteiger partial charge in [0.1, 0.15) is 15.6 Å². The van der Waals surface area contributed by atoms with Crippen molar-refractivity contribution in [3.63, 3.8) is 0 Å². The zero-order chi connectivity index (χ0) is 34.8. The number of hydrogen-bond donors (Lipinski definition) is 1. The molecule has 1 aliphatic heterocycles. The van der Waals surface area contributed by atoms with Crippen molar-refractivity contribution < 1.29 is 27.9 Å². The summed E-state index contributed by atoms with van der Waals surface area (Å²) in [5, 5.41) is 15.3. The van der Waals surface area contributed by atoms with E-state index in [9.17, 15) is 10.0 Å². The fourth-order valence-corrected chi connectivity index (χ4v) is 12.0. The molecule has 2 heterocycles. The van der Waals surface area contributed by atoms with Crippen LogP contribution in [-0.4, -0.2) is 74.4 Å². The summed E-state index contributed by atoms with van der Waals surface area (Å²) < 4.78 is 46.0. The minimum atomic E-state index is -3.09.